The molecule has 1 aromatic rings. The highest BCUT2D eigenvalue weighted by Gasteiger charge is 2.31. The lowest BCUT2D eigenvalue weighted by molar-refractivity contribution is -0.135. The molecule has 0 bridgehead atoms. The van der Waals surface area contributed by atoms with Crippen LogP contribution in [0.1, 0.15) is 30.1 Å². The van der Waals surface area contributed by atoms with Gasteiger partial charge in [-0.2, -0.15) is 8.78 Å². The first-order chi connectivity index (χ1) is 13.0. The molecule has 6 nitrogen and oxygen atoms in total. The summed E-state index contributed by atoms with van der Waals surface area (Å²) in [4.78, 5) is 30.9. The number of ether oxygens (including phenoxy) is 1. The zero-order valence-electron chi connectivity index (χ0n) is 15.4. The summed E-state index contributed by atoms with van der Waals surface area (Å²) in [7, 11) is 0. The highest BCUT2D eigenvalue weighted by molar-refractivity contribution is 5.97. The van der Waals surface area contributed by atoms with E-state index in [1.807, 2.05) is 11.8 Å². The van der Waals surface area contributed by atoms with Gasteiger partial charge in [-0.05, 0) is 31.9 Å². The van der Waals surface area contributed by atoms with Crippen LogP contribution in [-0.2, 0) is 4.79 Å². The lowest BCUT2D eigenvalue weighted by Gasteiger charge is -2.38. The SMILES string of the molecule is CC(C(=O)N1CCCC1)N1CCN(C(=O)c2ccccc2OC(F)F)CC1. The molecule has 27 heavy (non-hydrogen) atoms. The summed E-state index contributed by atoms with van der Waals surface area (Å²) < 4.78 is 29.6. The third-order valence-electron chi connectivity index (χ3n) is 5.26. The molecule has 0 N–H and O–H groups in total. The van der Waals surface area contributed by atoms with E-state index in [0.717, 1.165) is 25.9 Å². The Hall–Kier alpha value is -2.22. The zero-order valence-corrected chi connectivity index (χ0v) is 15.4. The number of piperazine rings is 1. The van der Waals surface area contributed by atoms with Gasteiger partial charge in [0.2, 0.25) is 5.91 Å². The Balaban J connectivity index is 1.59. The van der Waals surface area contributed by atoms with Gasteiger partial charge in [0.15, 0.2) is 0 Å². The average molecular weight is 381 g/mol. The fourth-order valence-electron chi connectivity index (χ4n) is 3.68. The number of nitrogens with zero attached hydrogens (tertiary/aromatic N) is 3. The van der Waals surface area contributed by atoms with Gasteiger partial charge in [-0.15, -0.1) is 0 Å². The molecule has 0 radical (unpaired) electrons. The second-order valence-corrected chi connectivity index (χ2v) is 6.91. The van der Waals surface area contributed by atoms with Crippen LogP contribution in [0.3, 0.4) is 0 Å². The van der Waals surface area contributed by atoms with E-state index < -0.39 is 6.61 Å². The van der Waals surface area contributed by atoms with Crippen molar-refractivity contribution in [2.24, 2.45) is 0 Å². The second-order valence-electron chi connectivity index (χ2n) is 6.91. The van der Waals surface area contributed by atoms with Crippen LogP contribution >= 0.6 is 0 Å². The standard InChI is InChI=1S/C19H25F2N3O3/c1-14(17(25)23-8-4-5-9-23)22-10-12-24(13-11-22)18(26)15-6-2-3-7-16(15)27-19(20)21/h2-3,6-7,14,19H,4-5,8-13H2,1H3. The van der Waals surface area contributed by atoms with Crippen LogP contribution in [0.2, 0.25) is 0 Å². The van der Waals surface area contributed by atoms with Gasteiger partial charge in [0.05, 0.1) is 11.6 Å². The van der Waals surface area contributed by atoms with Crippen molar-refractivity contribution in [2.45, 2.75) is 32.4 Å². The van der Waals surface area contributed by atoms with Gasteiger partial charge < -0.3 is 14.5 Å². The Morgan fingerprint density at radius 2 is 1.59 bits per heavy atom. The van der Waals surface area contributed by atoms with E-state index in [-0.39, 0.29) is 29.2 Å². The summed E-state index contributed by atoms with van der Waals surface area (Å²) in [5.74, 6) is -0.301. The minimum atomic E-state index is -2.98. The minimum absolute atomic E-state index is 0.113. The summed E-state index contributed by atoms with van der Waals surface area (Å²) in [5.41, 5.74) is 0.132. The molecular formula is C19H25F2N3O3. The molecule has 8 heteroatoms. The summed E-state index contributed by atoms with van der Waals surface area (Å²) in [5, 5.41) is 0. The Bertz CT molecular complexity index is 672. The topological polar surface area (TPSA) is 53.1 Å². The maximum absolute atomic E-state index is 12.7. The number of carbonyl (C=O) groups excluding carboxylic acids is 2. The first kappa shape index (κ1) is 19.5. The van der Waals surface area contributed by atoms with Crippen LogP contribution in [0, 0.1) is 0 Å². The normalized spacial score (nSPS) is 19.4. The van der Waals surface area contributed by atoms with E-state index in [2.05, 4.69) is 9.64 Å². The van der Waals surface area contributed by atoms with Gasteiger partial charge in [-0.25, -0.2) is 0 Å². The molecule has 2 saturated heterocycles. The Morgan fingerprint density at radius 3 is 2.22 bits per heavy atom. The van der Waals surface area contributed by atoms with E-state index in [9.17, 15) is 18.4 Å². The van der Waals surface area contributed by atoms with Crippen molar-refractivity contribution in [1.29, 1.82) is 0 Å². The van der Waals surface area contributed by atoms with Crippen LogP contribution < -0.4 is 4.74 Å². The molecule has 1 atom stereocenters. The number of amides is 2. The van der Waals surface area contributed by atoms with Crippen LogP contribution in [0.5, 0.6) is 5.75 Å². The first-order valence-electron chi connectivity index (χ1n) is 9.33. The fourth-order valence-corrected chi connectivity index (χ4v) is 3.68. The zero-order chi connectivity index (χ0) is 19.4. The number of hydrogen-bond acceptors (Lipinski definition) is 4. The fraction of sp³-hybridized carbons (Fsp3) is 0.579. The van der Waals surface area contributed by atoms with Crippen molar-refractivity contribution in [1.82, 2.24) is 14.7 Å². The van der Waals surface area contributed by atoms with E-state index in [0.29, 0.717) is 26.2 Å². The van der Waals surface area contributed by atoms with E-state index in [1.54, 1.807) is 17.0 Å². The van der Waals surface area contributed by atoms with Crippen LogP contribution in [-0.4, -0.2) is 78.4 Å². The molecule has 2 fully saturated rings. The number of benzene rings is 1. The lowest BCUT2D eigenvalue weighted by atomic mass is 10.1. The number of halogens is 2. The quantitative estimate of drug-likeness (QED) is 0.784. The maximum atomic E-state index is 12.7. The molecule has 3 rings (SSSR count). The van der Waals surface area contributed by atoms with Crippen molar-refractivity contribution < 1.29 is 23.1 Å². The van der Waals surface area contributed by atoms with Crippen molar-refractivity contribution in [2.75, 3.05) is 39.3 Å². The smallest absolute Gasteiger partial charge is 0.387 e. The molecule has 0 spiro atoms. The number of para-hydroxylation sites is 1. The summed E-state index contributed by atoms with van der Waals surface area (Å²) in [6, 6.07) is 5.82. The summed E-state index contributed by atoms with van der Waals surface area (Å²) in [6.45, 7) is 2.61. The molecule has 2 amide bonds. The molecule has 0 aromatic heterocycles. The Morgan fingerprint density at radius 1 is 0.963 bits per heavy atom. The molecule has 148 valence electrons. The van der Waals surface area contributed by atoms with Gasteiger partial charge in [0, 0.05) is 39.3 Å². The summed E-state index contributed by atoms with van der Waals surface area (Å²) in [6.07, 6.45) is 2.11. The van der Waals surface area contributed by atoms with Gasteiger partial charge in [-0.1, -0.05) is 12.1 Å². The number of hydrogen-bond donors (Lipinski definition) is 0. The molecule has 0 aliphatic carbocycles. The molecular weight excluding hydrogens is 356 g/mol. The van der Waals surface area contributed by atoms with Gasteiger partial charge in [-0.3, -0.25) is 14.5 Å². The lowest BCUT2D eigenvalue weighted by Crippen LogP contribution is -2.55. The molecule has 2 heterocycles. The van der Waals surface area contributed by atoms with Crippen molar-refractivity contribution in [3.05, 3.63) is 29.8 Å². The number of rotatable bonds is 5. The predicted octanol–water partition coefficient (Wildman–Crippen LogP) is 2.06. The maximum Gasteiger partial charge on any atom is 0.387 e. The Labute approximate surface area is 157 Å². The highest BCUT2D eigenvalue weighted by atomic mass is 19.3. The largest absolute Gasteiger partial charge is 0.434 e. The van der Waals surface area contributed by atoms with Crippen molar-refractivity contribution >= 4 is 11.8 Å². The van der Waals surface area contributed by atoms with Crippen LogP contribution in [0.4, 0.5) is 8.78 Å². The van der Waals surface area contributed by atoms with E-state index in [1.165, 1.54) is 12.1 Å². The minimum Gasteiger partial charge on any atom is -0.434 e. The monoisotopic (exact) mass is 381 g/mol. The molecule has 0 saturated carbocycles. The first-order valence-corrected chi connectivity index (χ1v) is 9.33. The predicted molar refractivity (Wildman–Crippen MR) is 95.8 cm³/mol. The molecule has 2 aliphatic rings. The van der Waals surface area contributed by atoms with Gasteiger partial charge in [0.1, 0.15) is 5.75 Å². The Kier molecular flexibility index (Phi) is 6.26. The molecule has 1 unspecified atom stereocenters. The van der Waals surface area contributed by atoms with E-state index >= 15 is 0 Å². The third-order valence-corrected chi connectivity index (χ3v) is 5.26. The van der Waals surface area contributed by atoms with Crippen molar-refractivity contribution in [3.63, 3.8) is 0 Å². The van der Waals surface area contributed by atoms with Crippen LogP contribution in [0.25, 0.3) is 0 Å². The number of likely N-dealkylation sites (tertiary alicyclic amines) is 1. The highest BCUT2D eigenvalue weighted by Crippen LogP contribution is 2.23. The average Bonchev–Trinajstić information content (AvgIpc) is 3.21. The molecule has 2 aliphatic heterocycles. The summed E-state index contributed by atoms with van der Waals surface area (Å²) >= 11 is 0. The van der Waals surface area contributed by atoms with Gasteiger partial charge in [0.25, 0.3) is 5.91 Å². The van der Waals surface area contributed by atoms with Gasteiger partial charge >= 0.3 is 6.61 Å². The number of alkyl halides is 2. The second kappa shape index (κ2) is 8.65. The number of carbonyl (C=O) groups is 2. The third kappa shape index (κ3) is 4.55. The van der Waals surface area contributed by atoms with E-state index in [4.69, 9.17) is 0 Å². The molecule has 1 aromatic carbocycles. The van der Waals surface area contributed by atoms with Crippen molar-refractivity contribution in [3.8, 4) is 5.75 Å². The van der Waals surface area contributed by atoms with Crippen LogP contribution in [0.15, 0.2) is 24.3 Å².